The summed E-state index contributed by atoms with van der Waals surface area (Å²) in [5, 5.41) is 5.03. The molecular formula is C60H77ClN16O8. The summed E-state index contributed by atoms with van der Waals surface area (Å²) in [7, 11) is 7.00. The van der Waals surface area contributed by atoms with Crippen molar-refractivity contribution < 1.29 is 38.2 Å². The summed E-state index contributed by atoms with van der Waals surface area (Å²) in [5.74, 6) is 1.02. The van der Waals surface area contributed by atoms with Crippen molar-refractivity contribution in [2.24, 2.45) is 0 Å². The van der Waals surface area contributed by atoms with Gasteiger partial charge in [-0.05, 0) is 154 Å². The topological polar surface area (TPSA) is 266 Å². The quantitative estimate of drug-likeness (QED) is 0.135. The van der Waals surface area contributed by atoms with Gasteiger partial charge in [0.05, 0.1) is 35.3 Å². The largest absolute Gasteiger partial charge is 0.444 e. The van der Waals surface area contributed by atoms with Crippen molar-refractivity contribution in [2.75, 3.05) is 65.4 Å². The maximum atomic E-state index is 13.4. The fraction of sp³-hybridized carbons (Fsp3) is 0.533. The smallest absolute Gasteiger partial charge is 0.410 e. The number of carbonyl (C=O) groups is 6. The number of nitrogens with two attached hydrogens (primary N) is 1. The third kappa shape index (κ3) is 13.1. The number of nitrogens with zero attached hydrogens (tertiary/aromatic N) is 14. The molecule has 3 N–H and O–H groups in total. The summed E-state index contributed by atoms with van der Waals surface area (Å²) in [6.45, 7) is 13.2. The van der Waals surface area contributed by atoms with E-state index in [0.717, 1.165) is 74.2 Å². The predicted molar refractivity (Wildman–Crippen MR) is 320 cm³/mol. The molecule has 6 aromatic heterocycles. The third-order valence-corrected chi connectivity index (χ3v) is 16.5. The number of hydrogen-bond acceptors (Lipinski definition) is 16. The zero-order valence-electron chi connectivity index (χ0n) is 50.1. The van der Waals surface area contributed by atoms with Crippen LogP contribution in [0.4, 0.5) is 27.2 Å². The highest BCUT2D eigenvalue weighted by atomic mass is 35.5. The van der Waals surface area contributed by atoms with Crippen LogP contribution in [0.5, 0.6) is 0 Å². The van der Waals surface area contributed by atoms with Crippen LogP contribution in [0.2, 0.25) is 5.28 Å². The van der Waals surface area contributed by atoms with Crippen LogP contribution in [0.25, 0.3) is 22.1 Å². The summed E-state index contributed by atoms with van der Waals surface area (Å²) in [6.07, 6.45) is 15.9. The monoisotopic (exact) mass is 1180 g/mol. The zero-order chi connectivity index (χ0) is 60.8. The average Bonchev–Trinajstić information content (AvgIpc) is 2.04. The number of anilines is 3. The molecule has 4 atom stereocenters. The first kappa shape index (κ1) is 60.0. The van der Waals surface area contributed by atoms with E-state index in [1.807, 2.05) is 77.5 Å². The fourth-order valence-corrected chi connectivity index (χ4v) is 12.0. The second-order valence-corrected chi connectivity index (χ2v) is 25.6. The molecule has 4 unspecified atom stereocenters. The Balaban J connectivity index is 0.000000157. The minimum Gasteiger partial charge on any atom is -0.444 e. The van der Waals surface area contributed by atoms with Gasteiger partial charge in [-0.15, -0.1) is 0 Å². The number of halogens is 1. The van der Waals surface area contributed by atoms with Gasteiger partial charge >= 0.3 is 12.2 Å². The van der Waals surface area contributed by atoms with Crippen molar-refractivity contribution in [3.8, 4) is 0 Å². The predicted octanol–water partition coefficient (Wildman–Crippen LogP) is 8.62. The van der Waals surface area contributed by atoms with E-state index in [4.69, 9.17) is 31.8 Å². The number of nitrogen functional groups attached to an aromatic ring is 1. The maximum Gasteiger partial charge on any atom is 0.410 e. The van der Waals surface area contributed by atoms with Crippen LogP contribution in [0.1, 0.15) is 160 Å². The molecule has 2 aliphatic carbocycles. The minimum atomic E-state index is -0.559. The Hall–Kier alpha value is -8.15. The lowest BCUT2D eigenvalue weighted by Gasteiger charge is -2.41. The molecule has 6 amide bonds. The van der Waals surface area contributed by atoms with Crippen LogP contribution in [0.3, 0.4) is 0 Å². The summed E-state index contributed by atoms with van der Waals surface area (Å²) < 4.78 is 15.2. The molecule has 24 nitrogen and oxygen atoms in total. The SMILES string of the molecule is CC(C)(C)OC(=O)N1C2CCC1CN(C(=O)c1ccc(N)nc1)C2.CN(C)C(=O)c1cc2cnc(Cl)nc2n1C1CCC1.CN(C)C(=O)c1cc2cnc(Nc3ccc(C(=O)N4CC5CCC(C4)N5C(=O)OC(C)(C)C)cn3)nc2n1C1CCC1. The fourth-order valence-electron chi connectivity index (χ4n) is 11.8. The number of aromatic nitrogens is 8. The van der Waals surface area contributed by atoms with Crippen LogP contribution in [-0.4, -0.2) is 194 Å². The normalized spacial score (nSPS) is 20.1. The molecule has 0 spiro atoms. The van der Waals surface area contributed by atoms with Crippen molar-refractivity contribution in [3.63, 3.8) is 0 Å². The first-order valence-corrected chi connectivity index (χ1v) is 29.6. The van der Waals surface area contributed by atoms with Crippen molar-refractivity contribution >= 4 is 87.1 Å². The lowest BCUT2D eigenvalue weighted by Crippen LogP contribution is -2.57. The summed E-state index contributed by atoms with van der Waals surface area (Å²) in [5.41, 5.74) is 8.26. The molecule has 25 heteroatoms. The molecule has 6 aliphatic rings. The molecule has 0 aromatic carbocycles. The minimum absolute atomic E-state index is 0.0129. The van der Waals surface area contributed by atoms with Crippen LogP contribution in [-0.2, 0) is 9.47 Å². The number of hydrogen-bond donors (Lipinski definition) is 2. The number of rotatable bonds is 8. The van der Waals surface area contributed by atoms with E-state index in [1.54, 1.807) is 85.7 Å². The Morgan fingerprint density at radius 1 is 0.553 bits per heavy atom. The van der Waals surface area contributed by atoms with Crippen molar-refractivity contribution in [3.05, 3.63) is 89.0 Å². The average molecular weight is 1190 g/mol. The standard InChI is InChI=1S/C30H38N8O4.C17H24N4O3.C13H15ClN4O/c1-30(2,3)42-29(41)37-21-10-11-22(37)17-36(16-21)26(39)18-9-12-24(31-14-18)33-28-32-15-19-13-23(27(40)35(4)5)38(25(19)34-28)20-7-6-8-20;1-17(2,3)24-16(23)21-12-5-6-13(21)10-20(9-12)15(22)11-4-7-14(18)19-8-11;1-17(2)12(19)10-6-8-7-15-13(14)16-11(8)18(10)9-4-3-5-9/h9,12-15,20-22H,6-8,10-11,16-17H2,1-5H3,(H,31,32,33,34);4,7-8,12-13H,5-6,9-10H2,1-3H3,(H2,18,19);6-7,9H,3-5H2,1-2H3. The van der Waals surface area contributed by atoms with Gasteiger partial charge < -0.3 is 49.3 Å². The molecule has 2 saturated carbocycles. The van der Waals surface area contributed by atoms with E-state index < -0.39 is 11.2 Å². The van der Waals surface area contributed by atoms with E-state index in [2.05, 4.69) is 30.2 Å². The number of ether oxygens (including phenoxy) is 2. The van der Waals surface area contributed by atoms with Gasteiger partial charge in [-0.2, -0.15) is 9.97 Å². The maximum absolute atomic E-state index is 13.4. The van der Waals surface area contributed by atoms with Gasteiger partial charge in [0.25, 0.3) is 23.6 Å². The molecule has 12 rings (SSSR count). The second-order valence-electron chi connectivity index (χ2n) is 25.3. The highest BCUT2D eigenvalue weighted by Crippen LogP contribution is 2.39. The Kier molecular flexibility index (Phi) is 17.0. The summed E-state index contributed by atoms with van der Waals surface area (Å²) in [6, 6.07) is 11.0. The Bertz CT molecular complexity index is 3470. The molecular weight excluding hydrogens is 1110 g/mol. The number of piperazine rings is 2. The molecule has 4 saturated heterocycles. The molecule has 6 fully saturated rings. The van der Waals surface area contributed by atoms with E-state index in [0.29, 0.717) is 78.0 Å². The number of likely N-dealkylation sites (tertiary alicyclic amines) is 2. The number of carbonyl (C=O) groups excluding carboxylic acids is 6. The van der Waals surface area contributed by atoms with Crippen LogP contribution < -0.4 is 11.1 Å². The van der Waals surface area contributed by atoms with Crippen molar-refractivity contribution in [1.82, 2.24) is 68.4 Å². The lowest BCUT2D eigenvalue weighted by atomic mass is 9.92. The van der Waals surface area contributed by atoms with Crippen LogP contribution in [0.15, 0.2) is 61.2 Å². The number of nitrogens with one attached hydrogen (secondary N) is 1. The number of pyridine rings is 2. The van der Waals surface area contributed by atoms with E-state index >= 15 is 0 Å². The van der Waals surface area contributed by atoms with E-state index in [-0.39, 0.29) is 71.3 Å². The number of fused-ring (bicyclic) bond motifs is 6. The molecule has 452 valence electrons. The van der Waals surface area contributed by atoms with Gasteiger partial charge in [-0.25, -0.2) is 29.5 Å². The highest BCUT2D eigenvalue weighted by Gasteiger charge is 2.47. The molecule has 4 aliphatic heterocycles. The van der Waals surface area contributed by atoms with Crippen molar-refractivity contribution in [2.45, 2.75) is 153 Å². The third-order valence-electron chi connectivity index (χ3n) is 16.3. The molecule has 85 heavy (non-hydrogen) atoms. The lowest BCUT2D eigenvalue weighted by molar-refractivity contribution is -0.00386. The second kappa shape index (κ2) is 24.1. The first-order chi connectivity index (χ1) is 40.3. The zero-order valence-corrected chi connectivity index (χ0v) is 50.9. The Morgan fingerprint density at radius 3 is 1.35 bits per heavy atom. The molecule has 10 heterocycles. The van der Waals surface area contributed by atoms with E-state index in [9.17, 15) is 28.8 Å². The summed E-state index contributed by atoms with van der Waals surface area (Å²) in [4.78, 5) is 113. The Morgan fingerprint density at radius 2 is 0.976 bits per heavy atom. The summed E-state index contributed by atoms with van der Waals surface area (Å²) >= 11 is 5.88. The van der Waals surface area contributed by atoms with E-state index in [1.165, 1.54) is 12.6 Å². The first-order valence-electron chi connectivity index (χ1n) is 29.2. The van der Waals surface area contributed by atoms with Gasteiger partial charge in [-0.3, -0.25) is 29.0 Å². The van der Waals surface area contributed by atoms with Crippen LogP contribution >= 0.6 is 11.6 Å². The van der Waals surface area contributed by atoms with Crippen molar-refractivity contribution in [1.29, 1.82) is 0 Å². The van der Waals surface area contributed by atoms with Crippen LogP contribution in [0, 0.1) is 0 Å². The van der Waals surface area contributed by atoms with Gasteiger partial charge in [0.15, 0.2) is 0 Å². The molecule has 6 aromatic rings. The Labute approximate surface area is 499 Å². The van der Waals surface area contributed by atoms with Gasteiger partial charge in [0.2, 0.25) is 11.2 Å². The van der Waals surface area contributed by atoms with Gasteiger partial charge in [-0.1, -0.05) is 0 Å². The molecule has 4 bridgehead atoms. The number of amides is 6. The van der Waals surface area contributed by atoms with Gasteiger partial charge in [0, 0.05) is 102 Å². The van der Waals surface area contributed by atoms with Gasteiger partial charge in [0.1, 0.15) is 45.5 Å². The molecule has 0 radical (unpaired) electrons. The highest BCUT2D eigenvalue weighted by molar-refractivity contribution is 6.28.